The maximum atomic E-state index is 12.3. The standard InChI is InChI=1S/C23H22ClN3O2/c1-15-4-3-5-17(12-15)23(29)27-19-10-8-18(9-11-19)25-14-22(28)26-20-7-6-16(2)21(24)13-20/h3-13,25H,14H2,1-2H3,(H,26,28)(H,27,29). The van der Waals surface area contributed by atoms with Gasteiger partial charge in [0, 0.05) is 27.6 Å². The highest BCUT2D eigenvalue weighted by Crippen LogP contribution is 2.20. The fourth-order valence-corrected chi connectivity index (χ4v) is 2.90. The molecular weight excluding hydrogens is 386 g/mol. The van der Waals surface area contributed by atoms with E-state index in [1.165, 1.54) is 0 Å². The van der Waals surface area contributed by atoms with Crippen molar-refractivity contribution in [3.8, 4) is 0 Å². The molecule has 29 heavy (non-hydrogen) atoms. The van der Waals surface area contributed by atoms with Crippen LogP contribution in [-0.4, -0.2) is 18.4 Å². The van der Waals surface area contributed by atoms with Gasteiger partial charge in [-0.25, -0.2) is 0 Å². The number of benzene rings is 3. The van der Waals surface area contributed by atoms with E-state index in [0.29, 0.717) is 22.0 Å². The zero-order valence-electron chi connectivity index (χ0n) is 16.3. The second-order valence-electron chi connectivity index (χ2n) is 6.77. The van der Waals surface area contributed by atoms with Gasteiger partial charge >= 0.3 is 0 Å². The van der Waals surface area contributed by atoms with Gasteiger partial charge in [0.25, 0.3) is 5.91 Å². The summed E-state index contributed by atoms with van der Waals surface area (Å²) >= 11 is 6.07. The van der Waals surface area contributed by atoms with Gasteiger partial charge < -0.3 is 16.0 Å². The lowest BCUT2D eigenvalue weighted by atomic mass is 10.1. The quantitative estimate of drug-likeness (QED) is 0.522. The molecule has 0 heterocycles. The summed E-state index contributed by atoms with van der Waals surface area (Å²) in [5, 5.41) is 9.32. The molecule has 3 N–H and O–H groups in total. The van der Waals surface area contributed by atoms with Crippen molar-refractivity contribution in [3.63, 3.8) is 0 Å². The summed E-state index contributed by atoms with van der Waals surface area (Å²) in [7, 11) is 0. The van der Waals surface area contributed by atoms with Crippen LogP contribution in [0.1, 0.15) is 21.5 Å². The minimum absolute atomic E-state index is 0.112. The molecule has 0 bridgehead atoms. The van der Waals surface area contributed by atoms with Gasteiger partial charge in [-0.1, -0.05) is 35.4 Å². The zero-order chi connectivity index (χ0) is 20.8. The lowest BCUT2D eigenvalue weighted by Crippen LogP contribution is -2.21. The van der Waals surface area contributed by atoms with E-state index < -0.39 is 0 Å². The SMILES string of the molecule is Cc1cccc(C(=O)Nc2ccc(NCC(=O)Nc3ccc(C)c(Cl)c3)cc2)c1. The van der Waals surface area contributed by atoms with E-state index in [1.54, 1.807) is 24.3 Å². The van der Waals surface area contributed by atoms with Gasteiger partial charge in [0.15, 0.2) is 0 Å². The van der Waals surface area contributed by atoms with Crippen LogP contribution in [0.25, 0.3) is 0 Å². The maximum Gasteiger partial charge on any atom is 0.255 e. The maximum absolute atomic E-state index is 12.3. The average Bonchev–Trinajstić information content (AvgIpc) is 2.70. The number of amides is 2. The Balaban J connectivity index is 1.51. The van der Waals surface area contributed by atoms with Crippen molar-refractivity contribution < 1.29 is 9.59 Å². The van der Waals surface area contributed by atoms with E-state index in [2.05, 4.69) is 16.0 Å². The predicted molar refractivity (Wildman–Crippen MR) is 119 cm³/mol. The molecule has 6 heteroatoms. The molecule has 0 aliphatic heterocycles. The number of carbonyl (C=O) groups excluding carboxylic acids is 2. The number of nitrogens with one attached hydrogen (secondary N) is 3. The van der Waals surface area contributed by atoms with E-state index in [0.717, 1.165) is 16.8 Å². The highest BCUT2D eigenvalue weighted by atomic mass is 35.5. The molecule has 3 aromatic carbocycles. The van der Waals surface area contributed by atoms with Crippen LogP contribution in [0.2, 0.25) is 5.02 Å². The first-order chi connectivity index (χ1) is 13.9. The molecule has 3 aromatic rings. The molecule has 3 rings (SSSR count). The van der Waals surface area contributed by atoms with Gasteiger partial charge in [0.2, 0.25) is 5.91 Å². The predicted octanol–water partition coefficient (Wildman–Crippen LogP) is 5.26. The summed E-state index contributed by atoms with van der Waals surface area (Å²) in [6.45, 7) is 3.96. The lowest BCUT2D eigenvalue weighted by molar-refractivity contribution is -0.114. The zero-order valence-corrected chi connectivity index (χ0v) is 17.0. The molecule has 0 saturated heterocycles. The molecule has 5 nitrogen and oxygen atoms in total. The van der Waals surface area contributed by atoms with Crippen LogP contribution >= 0.6 is 11.6 Å². The van der Waals surface area contributed by atoms with Gasteiger partial charge in [0.05, 0.1) is 6.54 Å². The van der Waals surface area contributed by atoms with Gasteiger partial charge in [-0.3, -0.25) is 9.59 Å². The second kappa shape index (κ2) is 9.26. The smallest absolute Gasteiger partial charge is 0.255 e. The topological polar surface area (TPSA) is 70.2 Å². The molecule has 0 saturated carbocycles. The van der Waals surface area contributed by atoms with E-state index in [-0.39, 0.29) is 18.4 Å². The van der Waals surface area contributed by atoms with Crippen LogP contribution in [0.3, 0.4) is 0 Å². The monoisotopic (exact) mass is 407 g/mol. The molecule has 0 aliphatic carbocycles. The summed E-state index contributed by atoms with van der Waals surface area (Å²) in [4.78, 5) is 24.4. The largest absolute Gasteiger partial charge is 0.376 e. The summed E-state index contributed by atoms with van der Waals surface area (Å²) in [5.74, 6) is -0.340. The molecule has 0 unspecified atom stereocenters. The van der Waals surface area contributed by atoms with E-state index in [1.807, 2.05) is 56.3 Å². The van der Waals surface area contributed by atoms with Crippen LogP contribution in [0.15, 0.2) is 66.7 Å². The number of halogens is 1. The fourth-order valence-electron chi connectivity index (χ4n) is 2.72. The first-order valence-corrected chi connectivity index (χ1v) is 9.56. The molecular formula is C23H22ClN3O2. The average molecular weight is 408 g/mol. The molecule has 0 aliphatic rings. The van der Waals surface area contributed by atoms with Gasteiger partial charge in [0.1, 0.15) is 0 Å². The Morgan fingerprint density at radius 2 is 1.52 bits per heavy atom. The summed E-state index contributed by atoms with van der Waals surface area (Å²) in [6, 6.07) is 20.0. The number of hydrogen-bond acceptors (Lipinski definition) is 3. The Labute approximate surface area is 175 Å². The second-order valence-corrected chi connectivity index (χ2v) is 7.17. The number of aryl methyl sites for hydroxylation is 2. The number of anilines is 3. The van der Waals surface area contributed by atoms with Crippen molar-refractivity contribution in [2.24, 2.45) is 0 Å². The van der Waals surface area contributed by atoms with Crippen molar-refractivity contribution in [1.82, 2.24) is 0 Å². The highest BCUT2D eigenvalue weighted by molar-refractivity contribution is 6.31. The van der Waals surface area contributed by atoms with Crippen LogP contribution in [0, 0.1) is 13.8 Å². The fraction of sp³-hybridized carbons (Fsp3) is 0.130. The van der Waals surface area contributed by atoms with Crippen LogP contribution in [-0.2, 0) is 4.79 Å². The number of rotatable bonds is 6. The van der Waals surface area contributed by atoms with Gasteiger partial charge in [-0.2, -0.15) is 0 Å². The van der Waals surface area contributed by atoms with Crippen LogP contribution < -0.4 is 16.0 Å². The molecule has 0 atom stereocenters. The minimum Gasteiger partial charge on any atom is -0.376 e. The Morgan fingerprint density at radius 1 is 0.828 bits per heavy atom. The van der Waals surface area contributed by atoms with E-state index in [4.69, 9.17) is 11.6 Å². The Morgan fingerprint density at radius 3 is 2.21 bits per heavy atom. The number of carbonyl (C=O) groups is 2. The summed E-state index contributed by atoms with van der Waals surface area (Å²) in [5.41, 5.74) is 4.71. The third kappa shape index (κ3) is 5.83. The molecule has 148 valence electrons. The summed E-state index contributed by atoms with van der Waals surface area (Å²) in [6.07, 6.45) is 0. The molecule has 0 fully saturated rings. The van der Waals surface area contributed by atoms with Gasteiger partial charge in [-0.05, 0) is 67.9 Å². The van der Waals surface area contributed by atoms with Crippen LogP contribution in [0.5, 0.6) is 0 Å². The Kier molecular flexibility index (Phi) is 6.52. The normalized spacial score (nSPS) is 10.3. The third-order valence-corrected chi connectivity index (χ3v) is 4.74. The first-order valence-electron chi connectivity index (χ1n) is 9.19. The van der Waals surface area contributed by atoms with Crippen molar-refractivity contribution in [2.45, 2.75) is 13.8 Å². The van der Waals surface area contributed by atoms with Gasteiger partial charge in [-0.15, -0.1) is 0 Å². The first kappa shape index (κ1) is 20.4. The Hall–Kier alpha value is -3.31. The molecule has 2 amide bonds. The molecule has 0 spiro atoms. The molecule has 0 radical (unpaired) electrons. The Bertz CT molecular complexity index is 1030. The van der Waals surface area contributed by atoms with Crippen molar-refractivity contribution in [1.29, 1.82) is 0 Å². The van der Waals surface area contributed by atoms with Crippen LogP contribution in [0.4, 0.5) is 17.1 Å². The van der Waals surface area contributed by atoms with Crippen molar-refractivity contribution in [3.05, 3.63) is 88.4 Å². The van der Waals surface area contributed by atoms with Crippen molar-refractivity contribution in [2.75, 3.05) is 22.5 Å². The van der Waals surface area contributed by atoms with E-state index >= 15 is 0 Å². The summed E-state index contributed by atoms with van der Waals surface area (Å²) < 4.78 is 0. The highest BCUT2D eigenvalue weighted by Gasteiger charge is 2.07. The van der Waals surface area contributed by atoms with Crippen molar-refractivity contribution >= 4 is 40.5 Å². The minimum atomic E-state index is -0.179. The number of hydrogen-bond donors (Lipinski definition) is 3. The lowest BCUT2D eigenvalue weighted by Gasteiger charge is -2.10. The van der Waals surface area contributed by atoms with E-state index in [9.17, 15) is 9.59 Å². The third-order valence-electron chi connectivity index (χ3n) is 4.33. The molecule has 0 aromatic heterocycles.